The molecule has 0 unspecified atom stereocenters. The molecule has 4 heterocycles. The van der Waals surface area contributed by atoms with Crippen molar-refractivity contribution in [3.8, 4) is 11.3 Å². The van der Waals surface area contributed by atoms with Gasteiger partial charge in [0.05, 0.1) is 23.9 Å². The molecule has 2 aromatic rings. The molecule has 0 saturated carbocycles. The molecule has 0 aliphatic carbocycles. The summed E-state index contributed by atoms with van der Waals surface area (Å²) in [5.41, 5.74) is 6.13. The van der Waals surface area contributed by atoms with Crippen molar-refractivity contribution in [3.63, 3.8) is 0 Å². The number of rotatable bonds is 2. The number of aliphatic imine (C=N–C) groups is 1. The number of hydrogen-bond acceptors (Lipinski definition) is 4. The second-order valence-corrected chi connectivity index (χ2v) is 6.13. The third kappa shape index (κ3) is 2.22. The molecule has 0 saturated heterocycles. The van der Waals surface area contributed by atoms with Crippen molar-refractivity contribution in [1.82, 2.24) is 20.2 Å². The molecular formula is C19H15N5O. The molecule has 2 N–H and O–H groups in total. The SMILES string of the molecule is O=C1C=CC2=CN=C(c3ccc(-c4cnc[nH]4)cc3)N3CCC(=C23)N1. The van der Waals surface area contributed by atoms with Gasteiger partial charge in [-0.3, -0.25) is 4.79 Å². The molecule has 6 nitrogen and oxygen atoms in total. The third-order valence-corrected chi connectivity index (χ3v) is 4.64. The fourth-order valence-corrected chi connectivity index (χ4v) is 3.46. The van der Waals surface area contributed by atoms with E-state index in [1.165, 1.54) is 0 Å². The lowest BCUT2D eigenvalue weighted by Gasteiger charge is -2.27. The highest BCUT2D eigenvalue weighted by Gasteiger charge is 2.32. The number of aromatic nitrogens is 2. The first-order chi connectivity index (χ1) is 12.3. The Morgan fingerprint density at radius 1 is 1.08 bits per heavy atom. The van der Waals surface area contributed by atoms with Gasteiger partial charge >= 0.3 is 0 Å². The molecule has 0 fully saturated rings. The first kappa shape index (κ1) is 14.0. The molecule has 0 radical (unpaired) electrons. The van der Waals surface area contributed by atoms with Crippen LogP contribution in [-0.4, -0.2) is 33.2 Å². The summed E-state index contributed by atoms with van der Waals surface area (Å²) in [7, 11) is 0. The number of nitrogens with one attached hydrogen (secondary N) is 2. The zero-order chi connectivity index (χ0) is 16.8. The van der Waals surface area contributed by atoms with E-state index < -0.39 is 0 Å². The smallest absolute Gasteiger partial charge is 0.248 e. The molecule has 25 heavy (non-hydrogen) atoms. The highest BCUT2D eigenvalue weighted by atomic mass is 16.1. The normalized spacial score (nSPS) is 18.6. The molecule has 0 atom stereocenters. The largest absolute Gasteiger partial charge is 0.345 e. The van der Waals surface area contributed by atoms with Crippen LogP contribution >= 0.6 is 0 Å². The van der Waals surface area contributed by atoms with E-state index in [-0.39, 0.29) is 5.91 Å². The van der Waals surface area contributed by atoms with E-state index in [2.05, 4.69) is 49.4 Å². The highest BCUT2D eigenvalue weighted by Crippen LogP contribution is 2.34. The average Bonchev–Trinajstić information content (AvgIpc) is 3.28. The summed E-state index contributed by atoms with van der Waals surface area (Å²) in [6, 6.07) is 8.25. The van der Waals surface area contributed by atoms with Crippen LogP contribution in [0.2, 0.25) is 0 Å². The Labute approximate surface area is 144 Å². The van der Waals surface area contributed by atoms with E-state index >= 15 is 0 Å². The fraction of sp³-hybridized carbons (Fsp3) is 0.105. The van der Waals surface area contributed by atoms with Gasteiger partial charge in [-0.25, -0.2) is 9.98 Å². The Morgan fingerprint density at radius 2 is 1.92 bits per heavy atom. The van der Waals surface area contributed by atoms with E-state index in [0.29, 0.717) is 0 Å². The minimum atomic E-state index is -0.0786. The monoisotopic (exact) mass is 329 g/mol. The Morgan fingerprint density at radius 3 is 2.72 bits per heavy atom. The number of allylic oxidation sites excluding steroid dienone is 1. The summed E-state index contributed by atoms with van der Waals surface area (Å²) in [5, 5.41) is 2.97. The lowest BCUT2D eigenvalue weighted by molar-refractivity contribution is -0.115. The molecule has 1 aromatic carbocycles. The van der Waals surface area contributed by atoms with Crippen molar-refractivity contribution in [1.29, 1.82) is 0 Å². The van der Waals surface area contributed by atoms with Crippen LogP contribution in [-0.2, 0) is 4.79 Å². The van der Waals surface area contributed by atoms with Gasteiger partial charge in [-0.05, 0) is 11.6 Å². The van der Waals surface area contributed by atoms with Crippen LogP contribution in [0.15, 0.2) is 77.1 Å². The van der Waals surface area contributed by atoms with Gasteiger partial charge in [-0.15, -0.1) is 0 Å². The summed E-state index contributed by atoms with van der Waals surface area (Å²) in [4.78, 5) is 25.8. The molecule has 1 aromatic heterocycles. The van der Waals surface area contributed by atoms with E-state index in [4.69, 9.17) is 0 Å². The maximum absolute atomic E-state index is 11.8. The van der Waals surface area contributed by atoms with Crippen LogP contribution in [0.1, 0.15) is 12.0 Å². The Hall–Kier alpha value is -3.41. The maximum atomic E-state index is 11.8. The second-order valence-electron chi connectivity index (χ2n) is 6.13. The fourth-order valence-electron chi connectivity index (χ4n) is 3.46. The Kier molecular flexibility index (Phi) is 2.97. The molecule has 0 bridgehead atoms. The van der Waals surface area contributed by atoms with Crippen LogP contribution in [0.25, 0.3) is 11.3 Å². The zero-order valence-corrected chi connectivity index (χ0v) is 13.4. The van der Waals surface area contributed by atoms with Gasteiger partial charge in [0.25, 0.3) is 0 Å². The van der Waals surface area contributed by atoms with Crippen LogP contribution < -0.4 is 5.32 Å². The van der Waals surface area contributed by atoms with E-state index in [9.17, 15) is 4.79 Å². The van der Waals surface area contributed by atoms with Gasteiger partial charge in [0.15, 0.2) is 0 Å². The predicted octanol–water partition coefficient (Wildman–Crippen LogP) is 2.32. The number of benzene rings is 1. The van der Waals surface area contributed by atoms with Crippen LogP contribution in [0.3, 0.4) is 0 Å². The van der Waals surface area contributed by atoms with Crippen molar-refractivity contribution in [2.24, 2.45) is 4.99 Å². The summed E-state index contributed by atoms with van der Waals surface area (Å²) in [6.07, 6.45) is 9.52. The van der Waals surface area contributed by atoms with Crippen molar-refractivity contribution in [2.75, 3.05) is 6.54 Å². The predicted molar refractivity (Wildman–Crippen MR) is 94.3 cm³/mol. The topological polar surface area (TPSA) is 73.4 Å². The molecular weight excluding hydrogens is 314 g/mol. The number of nitrogens with zero attached hydrogens (tertiary/aromatic N) is 3. The second kappa shape index (κ2) is 5.31. The quantitative estimate of drug-likeness (QED) is 0.888. The molecule has 0 spiro atoms. The van der Waals surface area contributed by atoms with Crippen LogP contribution in [0.5, 0.6) is 0 Å². The Balaban J connectivity index is 1.54. The molecule has 122 valence electrons. The average molecular weight is 329 g/mol. The summed E-state index contributed by atoms with van der Waals surface area (Å²) in [6.45, 7) is 0.817. The first-order valence-corrected chi connectivity index (χ1v) is 8.17. The summed E-state index contributed by atoms with van der Waals surface area (Å²) < 4.78 is 0. The standard InChI is InChI=1S/C19H15N5O/c25-17-6-5-14-9-21-19(24-8-7-15(23-17)18(14)24)13-3-1-12(2-4-13)16-10-20-11-22-16/h1-6,9-11H,7-8H2,(H,20,22)(H,23,25). The van der Waals surface area contributed by atoms with Crippen LogP contribution in [0, 0.1) is 0 Å². The van der Waals surface area contributed by atoms with Gasteiger partial charge in [-0.2, -0.15) is 0 Å². The Bertz CT molecular complexity index is 977. The summed E-state index contributed by atoms with van der Waals surface area (Å²) in [5.74, 6) is 0.833. The molecule has 3 aliphatic heterocycles. The maximum Gasteiger partial charge on any atom is 0.248 e. The van der Waals surface area contributed by atoms with Crippen LogP contribution in [0.4, 0.5) is 0 Å². The van der Waals surface area contributed by atoms with E-state index in [0.717, 1.165) is 52.6 Å². The minimum absolute atomic E-state index is 0.0786. The number of carbonyl (C=O) groups excluding carboxylic acids is 1. The number of aromatic amines is 1. The van der Waals surface area contributed by atoms with Gasteiger partial charge in [0, 0.05) is 42.1 Å². The number of H-pyrrole nitrogens is 1. The van der Waals surface area contributed by atoms with Gasteiger partial charge in [0.2, 0.25) is 5.91 Å². The molecule has 6 heteroatoms. The number of carbonyl (C=O) groups is 1. The number of amides is 1. The minimum Gasteiger partial charge on any atom is -0.345 e. The van der Waals surface area contributed by atoms with Gasteiger partial charge < -0.3 is 15.2 Å². The lowest BCUT2D eigenvalue weighted by Crippen LogP contribution is -2.31. The van der Waals surface area contributed by atoms with Crippen molar-refractivity contribution in [3.05, 3.63) is 77.7 Å². The third-order valence-electron chi connectivity index (χ3n) is 4.64. The van der Waals surface area contributed by atoms with Gasteiger partial charge in [0.1, 0.15) is 5.84 Å². The molecule has 3 aliphatic rings. The van der Waals surface area contributed by atoms with E-state index in [1.54, 1.807) is 18.6 Å². The lowest BCUT2D eigenvalue weighted by atomic mass is 10.1. The van der Waals surface area contributed by atoms with Gasteiger partial charge in [-0.1, -0.05) is 24.3 Å². The van der Waals surface area contributed by atoms with E-state index in [1.807, 2.05) is 12.3 Å². The van der Waals surface area contributed by atoms with Crippen molar-refractivity contribution in [2.45, 2.75) is 6.42 Å². The number of amidine groups is 1. The molecule has 1 amide bonds. The van der Waals surface area contributed by atoms with Crippen molar-refractivity contribution >= 4 is 11.7 Å². The zero-order valence-electron chi connectivity index (χ0n) is 13.4. The molecule has 5 rings (SSSR count). The summed E-state index contributed by atoms with van der Waals surface area (Å²) >= 11 is 0. The first-order valence-electron chi connectivity index (χ1n) is 8.17. The highest BCUT2D eigenvalue weighted by molar-refractivity contribution is 6.03. The number of hydrogen-bond donors (Lipinski definition) is 2. The van der Waals surface area contributed by atoms with Crippen molar-refractivity contribution < 1.29 is 4.79 Å². The number of imidazole rings is 1.